The van der Waals surface area contributed by atoms with Crippen LogP contribution < -0.4 is 5.73 Å². The van der Waals surface area contributed by atoms with Gasteiger partial charge < -0.3 is 5.73 Å². The molecule has 0 aromatic carbocycles. The zero-order chi connectivity index (χ0) is 11.8. The maximum absolute atomic E-state index is 6.50. The Hall–Kier alpha value is 0.140. The summed E-state index contributed by atoms with van der Waals surface area (Å²) in [7, 11) is 0. The Balaban J connectivity index is 2.23. The van der Waals surface area contributed by atoms with Crippen LogP contribution in [0.3, 0.4) is 0 Å². The van der Waals surface area contributed by atoms with Crippen LogP contribution in [0, 0.1) is 12.3 Å². The van der Waals surface area contributed by atoms with E-state index in [1.165, 1.54) is 46.3 Å². The number of hydrogen-bond donors (Lipinski definition) is 1. The Morgan fingerprint density at radius 1 is 1.38 bits per heavy atom. The van der Waals surface area contributed by atoms with E-state index < -0.39 is 0 Å². The van der Waals surface area contributed by atoms with Crippen molar-refractivity contribution in [3.63, 3.8) is 0 Å². The summed E-state index contributed by atoms with van der Waals surface area (Å²) in [5.74, 6) is 0. The SMILES string of the molecule is Cc1sc(Br)cc1C(N)C1(C)CCCCC1. The molecule has 2 N–H and O–H groups in total. The van der Waals surface area contributed by atoms with Crippen LogP contribution >= 0.6 is 27.3 Å². The summed E-state index contributed by atoms with van der Waals surface area (Å²) >= 11 is 5.35. The van der Waals surface area contributed by atoms with E-state index in [0.717, 1.165) is 0 Å². The van der Waals surface area contributed by atoms with Gasteiger partial charge in [-0.1, -0.05) is 26.2 Å². The highest BCUT2D eigenvalue weighted by molar-refractivity contribution is 9.11. The van der Waals surface area contributed by atoms with Crippen molar-refractivity contribution in [1.82, 2.24) is 0 Å². The molecular weight excluding hydrogens is 282 g/mol. The summed E-state index contributed by atoms with van der Waals surface area (Å²) in [5.41, 5.74) is 8.16. The van der Waals surface area contributed by atoms with Gasteiger partial charge >= 0.3 is 0 Å². The van der Waals surface area contributed by atoms with Crippen molar-refractivity contribution in [2.24, 2.45) is 11.1 Å². The first kappa shape index (κ1) is 12.6. The van der Waals surface area contributed by atoms with E-state index in [1.54, 1.807) is 11.3 Å². The Labute approximate surface area is 111 Å². The molecule has 1 atom stereocenters. The van der Waals surface area contributed by atoms with Gasteiger partial charge in [0.05, 0.1) is 3.79 Å². The molecule has 0 radical (unpaired) electrons. The second-order valence-corrected chi connectivity index (χ2v) is 7.89. The zero-order valence-electron chi connectivity index (χ0n) is 10.1. The average molecular weight is 302 g/mol. The number of thiophene rings is 1. The zero-order valence-corrected chi connectivity index (χ0v) is 12.5. The highest BCUT2D eigenvalue weighted by Gasteiger charge is 2.35. The highest BCUT2D eigenvalue weighted by Crippen LogP contribution is 2.46. The van der Waals surface area contributed by atoms with Crippen LogP contribution in [-0.2, 0) is 0 Å². The lowest BCUT2D eigenvalue weighted by Crippen LogP contribution is -2.33. The fraction of sp³-hybridized carbons (Fsp3) is 0.692. The van der Waals surface area contributed by atoms with Gasteiger partial charge in [0.1, 0.15) is 0 Å². The van der Waals surface area contributed by atoms with E-state index in [4.69, 9.17) is 5.73 Å². The van der Waals surface area contributed by atoms with Gasteiger partial charge in [0, 0.05) is 10.9 Å². The molecule has 16 heavy (non-hydrogen) atoms. The molecule has 1 nitrogen and oxygen atoms in total. The van der Waals surface area contributed by atoms with Crippen molar-refractivity contribution in [2.45, 2.75) is 52.0 Å². The fourth-order valence-corrected chi connectivity index (χ4v) is 4.57. The average Bonchev–Trinajstić information content (AvgIpc) is 2.58. The molecule has 90 valence electrons. The van der Waals surface area contributed by atoms with E-state index in [0.29, 0.717) is 5.41 Å². The normalized spacial score (nSPS) is 22.0. The van der Waals surface area contributed by atoms with E-state index >= 15 is 0 Å². The van der Waals surface area contributed by atoms with Crippen LogP contribution in [0.2, 0.25) is 0 Å². The van der Waals surface area contributed by atoms with Crippen LogP contribution in [0.15, 0.2) is 9.85 Å². The molecule has 1 aromatic heterocycles. The molecule has 0 saturated heterocycles. The van der Waals surface area contributed by atoms with E-state index in [2.05, 4.69) is 35.8 Å². The first-order valence-electron chi connectivity index (χ1n) is 6.04. The topological polar surface area (TPSA) is 26.0 Å². The van der Waals surface area contributed by atoms with Crippen LogP contribution in [0.25, 0.3) is 0 Å². The highest BCUT2D eigenvalue weighted by atomic mass is 79.9. The lowest BCUT2D eigenvalue weighted by molar-refractivity contribution is 0.170. The molecule has 1 aliphatic rings. The smallest absolute Gasteiger partial charge is 0.0704 e. The standard InChI is InChI=1S/C13H20BrNS/c1-9-10(8-11(14)16-9)12(15)13(2)6-4-3-5-7-13/h8,12H,3-7,15H2,1-2H3. The van der Waals surface area contributed by atoms with Crippen molar-refractivity contribution in [3.8, 4) is 0 Å². The molecule has 3 heteroatoms. The van der Waals surface area contributed by atoms with Crippen molar-refractivity contribution < 1.29 is 0 Å². The second-order valence-electron chi connectivity index (χ2n) is 5.25. The van der Waals surface area contributed by atoms with E-state index in [1.807, 2.05) is 0 Å². The van der Waals surface area contributed by atoms with Crippen LogP contribution in [0.1, 0.15) is 55.5 Å². The van der Waals surface area contributed by atoms with Gasteiger partial charge in [-0.2, -0.15) is 0 Å². The summed E-state index contributed by atoms with van der Waals surface area (Å²) in [6.07, 6.45) is 6.62. The molecule has 2 rings (SSSR count). The van der Waals surface area contributed by atoms with Crippen molar-refractivity contribution in [3.05, 3.63) is 20.3 Å². The first-order valence-corrected chi connectivity index (χ1v) is 7.65. The minimum atomic E-state index is 0.204. The third-order valence-corrected chi connectivity index (χ3v) is 5.58. The minimum Gasteiger partial charge on any atom is -0.323 e. The molecule has 1 aliphatic carbocycles. The molecule has 1 unspecified atom stereocenters. The van der Waals surface area contributed by atoms with Gasteiger partial charge in [0.25, 0.3) is 0 Å². The van der Waals surface area contributed by atoms with Gasteiger partial charge in [-0.25, -0.2) is 0 Å². The van der Waals surface area contributed by atoms with Crippen LogP contribution in [0.5, 0.6) is 0 Å². The number of rotatable bonds is 2. The number of hydrogen-bond acceptors (Lipinski definition) is 2. The Morgan fingerprint density at radius 3 is 2.50 bits per heavy atom. The third-order valence-electron chi connectivity index (χ3n) is 4.01. The van der Waals surface area contributed by atoms with Gasteiger partial charge in [0.15, 0.2) is 0 Å². The van der Waals surface area contributed by atoms with Gasteiger partial charge in [0.2, 0.25) is 0 Å². The monoisotopic (exact) mass is 301 g/mol. The molecule has 0 amide bonds. The van der Waals surface area contributed by atoms with Crippen LogP contribution in [-0.4, -0.2) is 0 Å². The predicted octanol–water partition coefficient (Wildman–Crippen LogP) is 4.79. The number of halogens is 1. The summed E-state index contributed by atoms with van der Waals surface area (Å²) in [5, 5.41) is 0. The Bertz CT molecular complexity index is 366. The van der Waals surface area contributed by atoms with Gasteiger partial charge in [-0.3, -0.25) is 0 Å². The van der Waals surface area contributed by atoms with E-state index in [-0.39, 0.29) is 6.04 Å². The third kappa shape index (κ3) is 2.36. The molecule has 1 saturated carbocycles. The lowest BCUT2D eigenvalue weighted by atomic mass is 9.69. The van der Waals surface area contributed by atoms with Crippen molar-refractivity contribution in [1.29, 1.82) is 0 Å². The maximum Gasteiger partial charge on any atom is 0.0704 e. The summed E-state index contributed by atoms with van der Waals surface area (Å²) in [4.78, 5) is 1.37. The van der Waals surface area contributed by atoms with E-state index in [9.17, 15) is 0 Å². The minimum absolute atomic E-state index is 0.204. The molecular formula is C13H20BrNS. The number of nitrogens with two attached hydrogens (primary N) is 1. The van der Waals surface area contributed by atoms with Gasteiger partial charge in [-0.15, -0.1) is 11.3 Å². The molecule has 0 bridgehead atoms. The van der Waals surface area contributed by atoms with Gasteiger partial charge in [-0.05, 0) is 52.7 Å². The van der Waals surface area contributed by atoms with Crippen molar-refractivity contribution in [2.75, 3.05) is 0 Å². The lowest BCUT2D eigenvalue weighted by Gasteiger charge is -2.39. The maximum atomic E-state index is 6.50. The molecule has 1 fully saturated rings. The largest absolute Gasteiger partial charge is 0.323 e. The first-order chi connectivity index (χ1) is 7.53. The predicted molar refractivity (Wildman–Crippen MR) is 74.9 cm³/mol. The van der Waals surface area contributed by atoms with Crippen LogP contribution in [0.4, 0.5) is 0 Å². The summed E-state index contributed by atoms with van der Waals surface area (Å²) in [6, 6.07) is 2.42. The Morgan fingerprint density at radius 2 is 2.00 bits per heavy atom. The summed E-state index contributed by atoms with van der Waals surface area (Å²) in [6.45, 7) is 4.54. The van der Waals surface area contributed by atoms with Crippen molar-refractivity contribution >= 4 is 27.3 Å². The number of aryl methyl sites for hydroxylation is 1. The summed E-state index contributed by atoms with van der Waals surface area (Å²) < 4.78 is 1.20. The molecule has 0 spiro atoms. The second kappa shape index (κ2) is 4.79. The Kier molecular flexibility index (Phi) is 3.77. The molecule has 0 aliphatic heterocycles. The fourth-order valence-electron chi connectivity index (χ4n) is 2.81. The molecule has 1 heterocycles. The quantitative estimate of drug-likeness (QED) is 0.835. The molecule has 1 aromatic rings.